The molecule has 5 aromatic rings. The Morgan fingerprint density at radius 2 is 1.77 bits per heavy atom. The standard InChI is InChI=1S/C27H24FN3O4/c1-14(2)24-25(15-4-6-17(28)7-5-15)20-10-16-13-29-31-21(16)12-22(20)30-26(24)35-18-8-9-19(27(32)33)23(11-18)34-3/h4-14,27,32-33H,1-3H3,(H,29,31). The van der Waals surface area contributed by atoms with E-state index in [-0.39, 0.29) is 23.0 Å². The van der Waals surface area contributed by atoms with Crippen molar-refractivity contribution < 1.29 is 24.1 Å². The van der Waals surface area contributed by atoms with E-state index in [4.69, 9.17) is 14.5 Å². The highest BCUT2D eigenvalue weighted by atomic mass is 19.1. The predicted molar refractivity (Wildman–Crippen MR) is 131 cm³/mol. The molecule has 0 radical (unpaired) electrons. The number of ether oxygens (including phenoxy) is 2. The van der Waals surface area contributed by atoms with E-state index in [1.54, 1.807) is 30.5 Å². The molecule has 0 atom stereocenters. The van der Waals surface area contributed by atoms with E-state index >= 15 is 0 Å². The Labute approximate surface area is 200 Å². The van der Waals surface area contributed by atoms with Crippen LogP contribution < -0.4 is 9.47 Å². The molecule has 0 aliphatic heterocycles. The zero-order valence-electron chi connectivity index (χ0n) is 19.4. The Kier molecular flexibility index (Phi) is 5.84. The molecule has 2 heterocycles. The molecule has 0 amide bonds. The van der Waals surface area contributed by atoms with E-state index in [9.17, 15) is 14.6 Å². The highest BCUT2D eigenvalue weighted by molar-refractivity contribution is 6.04. The second kappa shape index (κ2) is 8.98. The highest BCUT2D eigenvalue weighted by Gasteiger charge is 2.22. The number of aliphatic hydroxyl groups excluding tert-OH is 1. The van der Waals surface area contributed by atoms with Gasteiger partial charge in [-0.3, -0.25) is 5.10 Å². The zero-order valence-corrected chi connectivity index (χ0v) is 19.4. The molecule has 0 fully saturated rings. The van der Waals surface area contributed by atoms with Crippen LogP contribution in [0.2, 0.25) is 0 Å². The lowest BCUT2D eigenvalue weighted by molar-refractivity contribution is -0.0439. The Morgan fingerprint density at radius 3 is 2.46 bits per heavy atom. The van der Waals surface area contributed by atoms with Gasteiger partial charge in [0.15, 0.2) is 6.29 Å². The number of pyridine rings is 1. The van der Waals surface area contributed by atoms with Gasteiger partial charge in [-0.25, -0.2) is 9.37 Å². The summed E-state index contributed by atoms with van der Waals surface area (Å²) < 4.78 is 25.4. The maximum Gasteiger partial charge on any atom is 0.223 e. The Balaban J connectivity index is 1.77. The Hall–Kier alpha value is -4.01. The van der Waals surface area contributed by atoms with Crippen molar-refractivity contribution in [3.63, 3.8) is 0 Å². The molecule has 5 rings (SSSR count). The first-order chi connectivity index (χ1) is 16.9. The van der Waals surface area contributed by atoms with E-state index in [0.29, 0.717) is 17.1 Å². The number of aromatic amines is 1. The number of H-pyrrole nitrogens is 1. The molecule has 0 bridgehead atoms. The molecular formula is C27H24FN3O4. The number of aromatic nitrogens is 3. The molecule has 0 unspecified atom stereocenters. The van der Waals surface area contributed by atoms with Gasteiger partial charge >= 0.3 is 0 Å². The lowest BCUT2D eigenvalue weighted by Gasteiger charge is -2.21. The van der Waals surface area contributed by atoms with Crippen LogP contribution in [0.25, 0.3) is 32.9 Å². The van der Waals surface area contributed by atoms with Gasteiger partial charge < -0.3 is 19.7 Å². The molecule has 3 aromatic carbocycles. The van der Waals surface area contributed by atoms with Crippen LogP contribution in [0, 0.1) is 5.82 Å². The minimum absolute atomic E-state index is 0.0161. The third-order valence-electron chi connectivity index (χ3n) is 5.96. The number of hydrogen-bond donors (Lipinski definition) is 3. The zero-order chi connectivity index (χ0) is 24.7. The molecule has 0 aliphatic rings. The number of benzene rings is 3. The van der Waals surface area contributed by atoms with Crippen LogP contribution in [-0.4, -0.2) is 32.5 Å². The summed E-state index contributed by atoms with van der Waals surface area (Å²) in [6.45, 7) is 4.09. The number of aliphatic hydroxyl groups is 2. The van der Waals surface area contributed by atoms with Crippen LogP contribution in [0.1, 0.15) is 37.2 Å². The smallest absolute Gasteiger partial charge is 0.223 e. The van der Waals surface area contributed by atoms with Crippen molar-refractivity contribution in [1.82, 2.24) is 15.2 Å². The first-order valence-corrected chi connectivity index (χ1v) is 11.1. The number of fused-ring (bicyclic) bond motifs is 2. The minimum atomic E-state index is -1.68. The van der Waals surface area contributed by atoms with Gasteiger partial charge in [-0.05, 0) is 53.4 Å². The number of halogens is 1. The van der Waals surface area contributed by atoms with Crippen LogP contribution in [0.4, 0.5) is 4.39 Å². The predicted octanol–water partition coefficient (Wildman–Crippen LogP) is 5.82. The normalized spacial score (nSPS) is 11.7. The maximum atomic E-state index is 13.8. The van der Waals surface area contributed by atoms with Gasteiger partial charge in [-0.2, -0.15) is 5.10 Å². The summed E-state index contributed by atoms with van der Waals surface area (Å²) in [5, 5.41) is 28.1. The lowest BCUT2D eigenvalue weighted by Crippen LogP contribution is -2.03. The first kappa shape index (κ1) is 22.8. The number of hydrogen-bond acceptors (Lipinski definition) is 6. The van der Waals surface area contributed by atoms with E-state index in [1.165, 1.54) is 25.3 Å². The van der Waals surface area contributed by atoms with Crippen LogP contribution in [0.3, 0.4) is 0 Å². The van der Waals surface area contributed by atoms with Crippen molar-refractivity contribution in [2.75, 3.05) is 7.11 Å². The second-order valence-corrected chi connectivity index (χ2v) is 8.57. The minimum Gasteiger partial charge on any atom is -0.496 e. The lowest BCUT2D eigenvalue weighted by atomic mass is 9.90. The van der Waals surface area contributed by atoms with Gasteiger partial charge in [0.2, 0.25) is 5.88 Å². The van der Waals surface area contributed by atoms with Gasteiger partial charge in [0, 0.05) is 28.0 Å². The molecule has 3 N–H and O–H groups in total. The van der Waals surface area contributed by atoms with Crippen molar-refractivity contribution in [1.29, 1.82) is 0 Å². The summed E-state index contributed by atoms with van der Waals surface area (Å²) in [5.74, 6) is 0.799. The number of nitrogens with zero attached hydrogens (tertiary/aromatic N) is 2. The molecule has 0 saturated carbocycles. The molecule has 0 saturated heterocycles. The summed E-state index contributed by atoms with van der Waals surface area (Å²) >= 11 is 0. The average Bonchev–Trinajstić information content (AvgIpc) is 3.29. The summed E-state index contributed by atoms with van der Waals surface area (Å²) in [4.78, 5) is 4.85. The van der Waals surface area contributed by atoms with Crippen molar-refractivity contribution in [3.05, 3.63) is 77.7 Å². The molecule has 0 aliphatic carbocycles. The average molecular weight is 474 g/mol. The number of nitrogens with one attached hydrogen (secondary N) is 1. The van der Waals surface area contributed by atoms with Crippen molar-refractivity contribution in [2.45, 2.75) is 26.1 Å². The summed E-state index contributed by atoms with van der Waals surface area (Å²) in [6.07, 6.45) is 0.0810. The molecule has 35 heavy (non-hydrogen) atoms. The second-order valence-electron chi connectivity index (χ2n) is 8.57. The molecule has 178 valence electrons. The van der Waals surface area contributed by atoms with Gasteiger partial charge in [0.05, 0.1) is 24.3 Å². The summed E-state index contributed by atoms with van der Waals surface area (Å²) in [6, 6.07) is 15.1. The van der Waals surface area contributed by atoms with E-state index in [1.807, 2.05) is 26.0 Å². The van der Waals surface area contributed by atoms with Crippen LogP contribution in [-0.2, 0) is 0 Å². The molecular weight excluding hydrogens is 449 g/mol. The van der Waals surface area contributed by atoms with E-state index in [2.05, 4.69) is 10.2 Å². The van der Waals surface area contributed by atoms with Crippen LogP contribution in [0.5, 0.6) is 17.4 Å². The van der Waals surface area contributed by atoms with E-state index in [0.717, 1.165) is 33.0 Å². The van der Waals surface area contributed by atoms with Crippen molar-refractivity contribution >= 4 is 21.8 Å². The Morgan fingerprint density at radius 1 is 1.00 bits per heavy atom. The largest absolute Gasteiger partial charge is 0.496 e. The quantitative estimate of drug-likeness (QED) is 0.269. The first-order valence-electron chi connectivity index (χ1n) is 11.1. The summed E-state index contributed by atoms with van der Waals surface area (Å²) in [5.41, 5.74) is 4.35. The fraction of sp³-hybridized carbons (Fsp3) is 0.185. The summed E-state index contributed by atoms with van der Waals surface area (Å²) in [7, 11) is 1.45. The highest BCUT2D eigenvalue weighted by Crippen LogP contribution is 2.43. The molecule has 7 nitrogen and oxygen atoms in total. The third-order valence-corrected chi connectivity index (χ3v) is 5.96. The molecule has 0 spiro atoms. The third kappa shape index (κ3) is 4.18. The topological polar surface area (TPSA) is 100 Å². The van der Waals surface area contributed by atoms with Crippen LogP contribution >= 0.6 is 0 Å². The fourth-order valence-electron chi connectivity index (χ4n) is 4.32. The maximum absolute atomic E-state index is 13.8. The van der Waals surface area contributed by atoms with Crippen molar-refractivity contribution in [2.24, 2.45) is 0 Å². The van der Waals surface area contributed by atoms with Gasteiger partial charge in [-0.15, -0.1) is 0 Å². The van der Waals surface area contributed by atoms with E-state index < -0.39 is 6.29 Å². The number of methoxy groups -OCH3 is 1. The van der Waals surface area contributed by atoms with Crippen molar-refractivity contribution in [3.8, 4) is 28.5 Å². The van der Waals surface area contributed by atoms with Gasteiger partial charge in [-0.1, -0.05) is 26.0 Å². The molecule has 8 heteroatoms. The Bertz CT molecular complexity index is 1530. The molecule has 2 aromatic heterocycles. The van der Waals surface area contributed by atoms with Gasteiger partial charge in [0.1, 0.15) is 17.3 Å². The van der Waals surface area contributed by atoms with Gasteiger partial charge in [0.25, 0.3) is 0 Å². The monoisotopic (exact) mass is 473 g/mol. The van der Waals surface area contributed by atoms with Crippen LogP contribution in [0.15, 0.2) is 60.8 Å². The SMILES string of the molecule is COc1cc(Oc2nc3cc4[nH]ncc4cc3c(-c3ccc(F)cc3)c2C(C)C)ccc1C(O)O. The number of rotatable bonds is 6. The fourth-order valence-corrected chi connectivity index (χ4v) is 4.32.